The zero-order chi connectivity index (χ0) is 15.1. The molecule has 1 aliphatic heterocycles. The van der Waals surface area contributed by atoms with Crippen LogP contribution in [0.1, 0.15) is 34.0 Å². The maximum atomic E-state index is 12.0. The van der Waals surface area contributed by atoms with Crippen molar-refractivity contribution in [2.24, 2.45) is 16.5 Å². The van der Waals surface area contributed by atoms with Crippen molar-refractivity contribution in [3.63, 3.8) is 0 Å². The summed E-state index contributed by atoms with van der Waals surface area (Å²) in [6.45, 7) is 1.63. The SMILES string of the molecule is Cc1cc2c(cc1C(=O)N=C(N)N)S(=O)(=O)CCC2O. The van der Waals surface area contributed by atoms with Crippen molar-refractivity contribution in [1.82, 2.24) is 0 Å². The highest BCUT2D eigenvalue weighted by Crippen LogP contribution is 2.34. The lowest BCUT2D eigenvalue weighted by molar-refractivity contribution is 0.100. The number of nitrogens with two attached hydrogens (primary N) is 2. The highest BCUT2D eigenvalue weighted by molar-refractivity contribution is 7.91. The molecule has 1 heterocycles. The van der Waals surface area contributed by atoms with Crippen LogP contribution in [-0.4, -0.2) is 31.1 Å². The zero-order valence-electron chi connectivity index (χ0n) is 10.8. The summed E-state index contributed by atoms with van der Waals surface area (Å²) in [6, 6.07) is 2.73. The van der Waals surface area contributed by atoms with E-state index >= 15 is 0 Å². The van der Waals surface area contributed by atoms with Crippen molar-refractivity contribution in [2.75, 3.05) is 5.75 Å². The van der Waals surface area contributed by atoms with Gasteiger partial charge >= 0.3 is 0 Å². The Hall–Kier alpha value is -1.93. The van der Waals surface area contributed by atoms with Gasteiger partial charge in [-0.25, -0.2) is 8.42 Å². The summed E-state index contributed by atoms with van der Waals surface area (Å²) >= 11 is 0. The van der Waals surface area contributed by atoms with Crippen LogP contribution in [-0.2, 0) is 9.84 Å². The molecular formula is C12H15N3O4S. The number of hydrogen-bond donors (Lipinski definition) is 3. The third kappa shape index (κ3) is 2.52. The van der Waals surface area contributed by atoms with Gasteiger partial charge < -0.3 is 16.6 Å². The van der Waals surface area contributed by atoms with E-state index in [-0.39, 0.29) is 22.6 Å². The fraction of sp³-hybridized carbons (Fsp3) is 0.333. The van der Waals surface area contributed by atoms with Crippen LogP contribution in [0.15, 0.2) is 22.0 Å². The molecule has 7 nitrogen and oxygen atoms in total. The van der Waals surface area contributed by atoms with Crippen LogP contribution >= 0.6 is 0 Å². The monoisotopic (exact) mass is 297 g/mol. The molecule has 2 rings (SSSR count). The van der Waals surface area contributed by atoms with Crippen molar-refractivity contribution in [3.05, 3.63) is 28.8 Å². The van der Waals surface area contributed by atoms with Crippen molar-refractivity contribution in [2.45, 2.75) is 24.3 Å². The van der Waals surface area contributed by atoms with Crippen molar-refractivity contribution < 1.29 is 18.3 Å². The van der Waals surface area contributed by atoms with Crippen LogP contribution in [0.5, 0.6) is 0 Å². The van der Waals surface area contributed by atoms with Gasteiger partial charge in [0.05, 0.1) is 16.8 Å². The van der Waals surface area contributed by atoms with Gasteiger partial charge in [0.1, 0.15) is 0 Å². The van der Waals surface area contributed by atoms with Gasteiger partial charge in [-0.2, -0.15) is 4.99 Å². The van der Waals surface area contributed by atoms with E-state index < -0.39 is 27.8 Å². The number of rotatable bonds is 1. The lowest BCUT2D eigenvalue weighted by Gasteiger charge is -2.22. The quantitative estimate of drug-likeness (QED) is 0.477. The largest absolute Gasteiger partial charge is 0.388 e. The lowest BCUT2D eigenvalue weighted by atomic mass is 9.99. The molecule has 0 aliphatic carbocycles. The Kier molecular flexibility index (Phi) is 3.53. The molecule has 1 aromatic rings. The van der Waals surface area contributed by atoms with E-state index in [4.69, 9.17) is 11.5 Å². The number of benzene rings is 1. The Morgan fingerprint density at radius 2 is 2.05 bits per heavy atom. The molecule has 108 valence electrons. The average molecular weight is 297 g/mol. The predicted octanol–water partition coefficient (Wildman–Crippen LogP) is -0.381. The summed E-state index contributed by atoms with van der Waals surface area (Å²) in [5.74, 6) is -1.25. The van der Waals surface area contributed by atoms with Crippen LogP contribution in [0.2, 0.25) is 0 Å². The molecule has 0 fully saturated rings. The highest BCUT2D eigenvalue weighted by Gasteiger charge is 2.30. The fourth-order valence-electron chi connectivity index (χ4n) is 2.18. The van der Waals surface area contributed by atoms with Gasteiger partial charge in [-0.1, -0.05) is 6.07 Å². The van der Waals surface area contributed by atoms with Crippen LogP contribution in [0.4, 0.5) is 0 Å². The number of carbonyl (C=O) groups is 1. The Balaban J connectivity index is 2.65. The Morgan fingerprint density at radius 3 is 2.65 bits per heavy atom. The standard InChI is InChI=1S/C12H15N3O4S/c1-6-4-8-9(16)2-3-20(18,19)10(8)5-7(6)11(17)15-12(13)14/h4-5,9,16H,2-3H2,1H3,(H4,13,14,15,17). The van der Waals surface area contributed by atoms with Crippen LogP contribution in [0.3, 0.4) is 0 Å². The van der Waals surface area contributed by atoms with Crippen LogP contribution in [0, 0.1) is 6.92 Å². The highest BCUT2D eigenvalue weighted by atomic mass is 32.2. The van der Waals surface area contributed by atoms with Gasteiger partial charge in [0, 0.05) is 5.56 Å². The number of carbonyl (C=O) groups excluding carboxylic acids is 1. The van der Waals surface area contributed by atoms with Gasteiger partial charge in [0.25, 0.3) is 5.91 Å². The second-order valence-electron chi connectivity index (χ2n) is 4.67. The second-order valence-corrected chi connectivity index (χ2v) is 6.75. The van der Waals surface area contributed by atoms with Crippen LogP contribution < -0.4 is 11.5 Å². The van der Waals surface area contributed by atoms with E-state index in [0.29, 0.717) is 11.1 Å². The molecule has 8 heteroatoms. The molecule has 5 N–H and O–H groups in total. The lowest BCUT2D eigenvalue weighted by Crippen LogP contribution is -2.25. The number of aliphatic hydroxyl groups is 1. The smallest absolute Gasteiger partial charge is 0.280 e. The average Bonchev–Trinajstić information content (AvgIpc) is 2.33. The molecule has 20 heavy (non-hydrogen) atoms. The molecule has 1 amide bonds. The molecule has 0 bridgehead atoms. The number of nitrogens with zero attached hydrogens (tertiary/aromatic N) is 1. The van der Waals surface area contributed by atoms with E-state index in [2.05, 4.69) is 4.99 Å². The van der Waals surface area contributed by atoms with Gasteiger partial charge in [-0.05, 0) is 30.5 Å². The predicted molar refractivity (Wildman–Crippen MR) is 72.9 cm³/mol. The van der Waals surface area contributed by atoms with E-state index in [1.807, 2.05) is 0 Å². The number of aliphatic hydroxyl groups excluding tert-OH is 1. The maximum Gasteiger partial charge on any atom is 0.280 e. The summed E-state index contributed by atoms with van der Waals surface area (Å²) in [7, 11) is -3.50. The molecule has 0 aromatic heterocycles. The molecule has 1 aromatic carbocycles. The molecule has 1 unspecified atom stereocenters. The number of aliphatic imine (C=N–C) groups is 1. The van der Waals surface area contributed by atoms with E-state index in [1.54, 1.807) is 6.92 Å². The second kappa shape index (κ2) is 4.88. The molecule has 0 saturated heterocycles. The number of hydrogen-bond acceptors (Lipinski definition) is 4. The molecule has 0 radical (unpaired) electrons. The van der Waals surface area contributed by atoms with E-state index in [0.717, 1.165) is 0 Å². The minimum Gasteiger partial charge on any atom is -0.388 e. The van der Waals surface area contributed by atoms with Gasteiger partial charge in [-0.15, -0.1) is 0 Å². The minimum atomic E-state index is -3.50. The van der Waals surface area contributed by atoms with Gasteiger partial charge in [0.2, 0.25) is 0 Å². The summed E-state index contributed by atoms with van der Waals surface area (Å²) in [5.41, 5.74) is 11.2. The summed E-state index contributed by atoms with van der Waals surface area (Å²) in [5, 5.41) is 9.88. The molecule has 1 atom stereocenters. The van der Waals surface area contributed by atoms with E-state index in [9.17, 15) is 18.3 Å². The van der Waals surface area contributed by atoms with Crippen molar-refractivity contribution in [1.29, 1.82) is 0 Å². The van der Waals surface area contributed by atoms with Gasteiger partial charge in [-0.3, -0.25) is 4.79 Å². The number of aryl methyl sites for hydroxylation is 1. The minimum absolute atomic E-state index is 0.0315. The summed E-state index contributed by atoms with van der Waals surface area (Å²) in [6.07, 6.45) is -0.699. The molecule has 0 spiro atoms. The first-order valence-electron chi connectivity index (χ1n) is 5.91. The molecular weight excluding hydrogens is 282 g/mol. The first kappa shape index (κ1) is 14.5. The number of sulfone groups is 1. The molecule has 0 saturated carbocycles. The molecule has 1 aliphatic rings. The fourth-order valence-corrected chi connectivity index (χ4v) is 3.79. The van der Waals surface area contributed by atoms with Crippen molar-refractivity contribution in [3.8, 4) is 0 Å². The normalized spacial score (nSPS) is 20.0. The Labute approximate surface area is 116 Å². The zero-order valence-corrected chi connectivity index (χ0v) is 11.6. The number of guanidine groups is 1. The van der Waals surface area contributed by atoms with Gasteiger partial charge in [0.15, 0.2) is 15.8 Å². The summed E-state index contributed by atoms with van der Waals surface area (Å²) in [4.78, 5) is 15.2. The Bertz CT molecular complexity index is 706. The first-order valence-corrected chi connectivity index (χ1v) is 7.57. The topological polar surface area (TPSA) is 136 Å². The third-order valence-corrected chi connectivity index (χ3v) is 4.97. The van der Waals surface area contributed by atoms with Crippen molar-refractivity contribution >= 4 is 21.7 Å². The number of fused-ring (bicyclic) bond motifs is 1. The summed E-state index contributed by atoms with van der Waals surface area (Å²) < 4.78 is 24.0. The maximum absolute atomic E-state index is 12.0. The third-order valence-electron chi connectivity index (χ3n) is 3.17. The number of amides is 1. The Morgan fingerprint density at radius 1 is 1.40 bits per heavy atom. The van der Waals surface area contributed by atoms with Crippen LogP contribution in [0.25, 0.3) is 0 Å². The van der Waals surface area contributed by atoms with E-state index in [1.165, 1.54) is 12.1 Å². The first-order chi connectivity index (χ1) is 9.22.